The summed E-state index contributed by atoms with van der Waals surface area (Å²) in [5.74, 6) is 0. The molecule has 1 N–H and O–H groups in total. The number of rotatable bonds is 2. The van der Waals surface area contributed by atoms with Crippen molar-refractivity contribution < 1.29 is 0 Å². The van der Waals surface area contributed by atoms with Crippen LogP contribution < -0.4 is 0 Å². The second-order valence-electron chi connectivity index (χ2n) is 4.80. The molecule has 0 saturated heterocycles. The van der Waals surface area contributed by atoms with Gasteiger partial charge in [0.1, 0.15) is 5.69 Å². The Labute approximate surface area is 121 Å². The van der Waals surface area contributed by atoms with E-state index in [-0.39, 0.29) is 0 Å². The van der Waals surface area contributed by atoms with Gasteiger partial charge in [0.05, 0.1) is 11.1 Å². The van der Waals surface area contributed by atoms with Crippen molar-refractivity contribution in [2.75, 3.05) is 0 Å². The van der Waals surface area contributed by atoms with E-state index in [2.05, 4.69) is 20.4 Å². The fourth-order valence-corrected chi connectivity index (χ4v) is 2.39. The van der Waals surface area contributed by atoms with Crippen LogP contribution in [0.2, 0.25) is 0 Å². The second-order valence-corrected chi connectivity index (χ2v) is 4.80. The molecule has 0 spiro atoms. The van der Waals surface area contributed by atoms with E-state index in [1.807, 2.05) is 66.7 Å². The lowest BCUT2D eigenvalue weighted by Crippen LogP contribution is -1.88. The molecule has 0 unspecified atom stereocenters. The Morgan fingerprint density at radius 3 is 2.10 bits per heavy atom. The number of benzene rings is 2. The van der Waals surface area contributed by atoms with Gasteiger partial charge in [-0.3, -0.25) is 5.10 Å². The van der Waals surface area contributed by atoms with Gasteiger partial charge < -0.3 is 0 Å². The van der Waals surface area contributed by atoms with Crippen molar-refractivity contribution in [3.05, 3.63) is 66.7 Å². The molecule has 4 heteroatoms. The average molecular weight is 272 g/mol. The smallest absolute Gasteiger partial charge is 0.178 e. The predicted octanol–water partition coefficient (Wildman–Crippen LogP) is 3.69. The Balaban J connectivity index is 1.91. The zero-order chi connectivity index (χ0) is 14.1. The van der Waals surface area contributed by atoms with Crippen LogP contribution in [0.4, 0.5) is 0 Å². The third-order valence-corrected chi connectivity index (χ3v) is 3.44. The number of fused-ring (bicyclic) bond motifs is 1. The molecular formula is C17H12N4. The van der Waals surface area contributed by atoms with Crippen LogP contribution >= 0.6 is 0 Å². The van der Waals surface area contributed by atoms with E-state index in [4.69, 9.17) is 0 Å². The highest BCUT2D eigenvalue weighted by Crippen LogP contribution is 2.27. The van der Waals surface area contributed by atoms with Crippen LogP contribution in [0.15, 0.2) is 66.7 Å². The second kappa shape index (κ2) is 4.83. The van der Waals surface area contributed by atoms with Gasteiger partial charge in [0.15, 0.2) is 5.65 Å². The van der Waals surface area contributed by atoms with Crippen molar-refractivity contribution in [3.8, 4) is 22.5 Å². The fourth-order valence-electron chi connectivity index (χ4n) is 2.39. The molecule has 2 heterocycles. The zero-order valence-corrected chi connectivity index (χ0v) is 11.2. The summed E-state index contributed by atoms with van der Waals surface area (Å²) in [5, 5.41) is 16.8. The Bertz CT molecular complexity index is 882. The first-order chi connectivity index (χ1) is 10.4. The van der Waals surface area contributed by atoms with Crippen molar-refractivity contribution in [2.24, 2.45) is 0 Å². The summed E-state index contributed by atoms with van der Waals surface area (Å²) in [7, 11) is 0. The van der Waals surface area contributed by atoms with Crippen LogP contribution in [0.25, 0.3) is 33.5 Å². The van der Waals surface area contributed by atoms with Gasteiger partial charge in [-0.1, -0.05) is 60.7 Å². The van der Waals surface area contributed by atoms with Gasteiger partial charge in [-0.05, 0) is 6.07 Å². The predicted molar refractivity (Wildman–Crippen MR) is 82.6 cm³/mol. The first-order valence-electron chi connectivity index (χ1n) is 6.74. The molecule has 4 rings (SSSR count). The van der Waals surface area contributed by atoms with E-state index in [1.165, 1.54) is 0 Å². The summed E-state index contributed by atoms with van der Waals surface area (Å²) in [5.41, 5.74) is 4.57. The highest BCUT2D eigenvalue weighted by Gasteiger charge is 2.11. The largest absolute Gasteiger partial charge is 0.259 e. The van der Waals surface area contributed by atoms with Crippen molar-refractivity contribution in [1.82, 2.24) is 20.4 Å². The molecule has 4 nitrogen and oxygen atoms in total. The summed E-state index contributed by atoms with van der Waals surface area (Å²) in [6.07, 6.45) is 0. The highest BCUT2D eigenvalue weighted by atomic mass is 15.2. The zero-order valence-electron chi connectivity index (χ0n) is 11.2. The van der Waals surface area contributed by atoms with Gasteiger partial charge in [0.25, 0.3) is 0 Å². The molecule has 0 aliphatic carbocycles. The quantitative estimate of drug-likeness (QED) is 0.605. The minimum Gasteiger partial charge on any atom is -0.259 e. The number of hydrogen-bond acceptors (Lipinski definition) is 3. The minimum absolute atomic E-state index is 0.702. The fraction of sp³-hybridized carbons (Fsp3) is 0. The van der Waals surface area contributed by atoms with Crippen molar-refractivity contribution in [1.29, 1.82) is 0 Å². The van der Waals surface area contributed by atoms with Gasteiger partial charge in [-0.15, -0.1) is 10.2 Å². The number of nitrogens with one attached hydrogen (secondary N) is 1. The van der Waals surface area contributed by atoms with E-state index in [9.17, 15) is 0 Å². The first-order valence-corrected chi connectivity index (χ1v) is 6.74. The van der Waals surface area contributed by atoms with Crippen LogP contribution in [0.1, 0.15) is 0 Å². The lowest BCUT2D eigenvalue weighted by molar-refractivity contribution is 1.03. The summed E-state index contributed by atoms with van der Waals surface area (Å²) < 4.78 is 0. The Hall–Kier alpha value is -3.01. The molecule has 0 amide bonds. The van der Waals surface area contributed by atoms with E-state index < -0.39 is 0 Å². The van der Waals surface area contributed by atoms with Crippen LogP contribution in [0, 0.1) is 0 Å². The number of H-pyrrole nitrogens is 1. The Morgan fingerprint density at radius 2 is 1.38 bits per heavy atom. The standard InChI is InChI=1S/C17H12N4/c1-3-7-12(8-4-1)15-11-14-16(13-9-5-2-6-10-13)19-21-17(14)20-18-15/h1-11H,(H,19,20,21). The van der Waals surface area contributed by atoms with Crippen LogP contribution in [-0.4, -0.2) is 20.4 Å². The lowest BCUT2D eigenvalue weighted by atomic mass is 10.1. The number of nitrogens with zero attached hydrogens (tertiary/aromatic N) is 3. The maximum atomic E-state index is 4.37. The summed E-state index contributed by atoms with van der Waals surface area (Å²) in [4.78, 5) is 0. The summed E-state index contributed by atoms with van der Waals surface area (Å²) in [6, 6.07) is 22.1. The summed E-state index contributed by atoms with van der Waals surface area (Å²) in [6.45, 7) is 0. The van der Waals surface area contributed by atoms with E-state index >= 15 is 0 Å². The van der Waals surface area contributed by atoms with E-state index in [0.717, 1.165) is 27.9 Å². The molecule has 100 valence electrons. The van der Waals surface area contributed by atoms with Gasteiger partial charge in [-0.2, -0.15) is 5.10 Å². The molecule has 0 aliphatic rings. The number of hydrogen-bond donors (Lipinski definition) is 1. The molecule has 21 heavy (non-hydrogen) atoms. The van der Waals surface area contributed by atoms with Gasteiger partial charge >= 0.3 is 0 Å². The highest BCUT2D eigenvalue weighted by molar-refractivity contribution is 5.92. The normalized spacial score (nSPS) is 10.9. The van der Waals surface area contributed by atoms with Gasteiger partial charge in [-0.25, -0.2) is 0 Å². The van der Waals surface area contributed by atoms with Crippen molar-refractivity contribution in [3.63, 3.8) is 0 Å². The van der Waals surface area contributed by atoms with Crippen molar-refractivity contribution >= 4 is 11.0 Å². The lowest BCUT2D eigenvalue weighted by Gasteiger charge is -2.00. The van der Waals surface area contributed by atoms with Gasteiger partial charge in [0.2, 0.25) is 0 Å². The summed E-state index contributed by atoms with van der Waals surface area (Å²) >= 11 is 0. The Kier molecular flexibility index (Phi) is 2.71. The first kappa shape index (κ1) is 11.8. The third kappa shape index (κ3) is 2.07. The topological polar surface area (TPSA) is 54.5 Å². The molecule has 0 aliphatic heterocycles. The molecule has 4 aromatic rings. The Morgan fingerprint density at radius 1 is 0.714 bits per heavy atom. The van der Waals surface area contributed by atoms with Crippen LogP contribution in [0.3, 0.4) is 0 Å². The molecule has 0 fully saturated rings. The number of aromatic nitrogens is 4. The molecule has 2 aromatic carbocycles. The third-order valence-electron chi connectivity index (χ3n) is 3.44. The maximum Gasteiger partial charge on any atom is 0.178 e. The number of aromatic amines is 1. The molecule has 0 saturated carbocycles. The van der Waals surface area contributed by atoms with E-state index in [1.54, 1.807) is 0 Å². The average Bonchev–Trinajstić information content (AvgIpc) is 2.99. The van der Waals surface area contributed by atoms with E-state index in [0.29, 0.717) is 5.65 Å². The molecule has 0 atom stereocenters. The molecule has 0 radical (unpaired) electrons. The molecule has 0 bridgehead atoms. The van der Waals surface area contributed by atoms with Crippen LogP contribution in [0.5, 0.6) is 0 Å². The minimum atomic E-state index is 0.702. The molecular weight excluding hydrogens is 260 g/mol. The van der Waals surface area contributed by atoms with Crippen molar-refractivity contribution in [2.45, 2.75) is 0 Å². The van der Waals surface area contributed by atoms with Gasteiger partial charge in [0, 0.05) is 11.1 Å². The van der Waals surface area contributed by atoms with Crippen LogP contribution in [-0.2, 0) is 0 Å². The molecule has 2 aromatic heterocycles. The monoisotopic (exact) mass is 272 g/mol. The maximum absolute atomic E-state index is 4.37. The SMILES string of the molecule is c1ccc(-c2cc3c(-c4ccccc4)n[nH]c3nn2)cc1.